The van der Waals surface area contributed by atoms with E-state index in [-0.39, 0.29) is 47.8 Å². The molecule has 1 aliphatic heterocycles. The normalized spacial score (nSPS) is 22.0. The maximum atomic E-state index is 11.1. The third-order valence-electron chi connectivity index (χ3n) is 1.52. The number of imide groups is 1. The Morgan fingerprint density at radius 2 is 2.23 bits per heavy atom. The molecule has 0 aromatic heterocycles. The van der Waals surface area contributed by atoms with Crippen LogP contribution in [0.3, 0.4) is 0 Å². The predicted octanol–water partition coefficient (Wildman–Crippen LogP) is -4.38. The number of rotatable bonds is 3. The molecule has 0 spiro atoms. The summed E-state index contributed by atoms with van der Waals surface area (Å²) in [7, 11) is 1.38. The van der Waals surface area contributed by atoms with Gasteiger partial charge in [-0.1, -0.05) is 0 Å². The van der Waals surface area contributed by atoms with Crippen molar-refractivity contribution in [2.75, 3.05) is 7.05 Å². The Hall–Kier alpha value is 0.370. The van der Waals surface area contributed by atoms with E-state index in [9.17, 15) is 14.8 Å². The second kappa shape index (κ2) is 5.97. The van der Waals surface area contributed by atoms with Gasteiger partial charge in [0, 0.05) is 19.1 Å². The Kier molecular flexibility index (Phi) is 6.14. The minimum absolute atomic E-state index is 0. The molecule has 0 aliphatic carbocycles. The van der Waals surface area contributed by atoms with Gasteiger partial charge >= 0.3 is 29.6 Å². The van der Waals surface area contributed by atoms with Gasteiger partial charge < -0.3 is 5.26 Å². The average molecular weight is 215 g/mol. The van der Waals surface area contributed by atoms with Crippen LogP contribution in [0.15, 0.2) is 0 Å². The molecule has 13 heavy (non-hydrogen) atoms. The molecule has 1 aliphatic rings. The summed E-state index contributed by atoms with van der Waals surface area (Å²) in [5, 5.41) is 11.8. The van der Waals surface area contributed by atoms with Gasteiger partial charge in [-0.05, 0) is 0 Å². The quantitative estimate of drug-likeness (QED) is 0.155. The molecule has 0 aromatic carbocycles. The van der Waals surface area contributed by atoms with E-state index in [1.165, 1.54) is 7.05 Å². The fourth-order valence-electron chi connectivity index (χ4n) is 0.860. The van der Waals surface area contributed by atoms with E-state index in [1.54, 1.807) is 0 Å². The molecule has 0 bridgehead atoms. The van der Waals surface area contributed by atoms with Crippen molar-refractivity contribution in [3.8, 4) is 0 Å². The van der Waals surface area contributed by atoms with Crippen LogP contribution in [-0.4, -0.2) is 29.0 Å². The second-order valence-corrected chi connectivity index (χ2v) is 3.11. The summed E-state index contributed by atoms with van der Waals surface area (Å²) in [6.07, 6.45) is 0.0450. The number of likely N-dealkylation sites (tertiary alicyclic amines) is 1. The van der Waals surface area contributed by atoms with Crippen molar-refractivity contribution in [1.29, 1.82) is 0 Å². The van der Waals surface area contributed by atoms with Gasteiger partial charge in [0.05, 0.1) is 6.42 Å². The Bertz CT molecular complexity index is 213. The molecule has 8 heteroatoms. The third-order valence-corrected chi connectivity index (χ3v) is 2.26. The van der Waals surface area contributed by atoms with Crippen molar-refractivity contribution in [3.63, 3.8) is 0 Å². The van der Waals surface area contributed by atoms with Crippen molar-refractivity contribution in [2.45, 2.75) is 11.7 Å². The SMILES string of the molecule is CN1C(=O)CC(SOO[O-])C1=O.[Na+]. The molecule has 0 aromatic rings. The van der Waals surface area contributed by atoms with Crippen molar-refractivity contribution in [2.24, 2.45) is 0 Å². The Balaban J connectivity index is 0.00000144. The first-order valence-electron chi connectivity index (χ1n) is 3.09. The summed E-state index contributed by atoms with van der Waals surface area (Å²) in [5.41, 5.74) is 0. The number of carbonyl (C=O) groups is 2. The van der Waals surface area contributed by atoms with Crippen LogP contribution in [0.2, 0.25) is 0 Å². The smallest absolute Gasteiger partial charge is 0.691 e. The van der Waals surface area contributed by atoms with Crippen LogP contribution in [-0.2, 0) is 19.0 Å². The Morgan fingerprint density at radius 3 is 2.62 bits per heavy atom. The first kappa shape index (κ1) is 13.4. The van der Waals surface area contributed by atoms with E-state index in [4.69, 9.17) is 0 Å². The predicted molar refractivity (Wildman–Crippen MR) is 35.9 cm³/mol. The van der Waals surface area contributed by atoms with E-state index >= 15 is 0 Å². The molecule has 0 radical (unpaired) electrons. The largest absolute Gasteiger partial charge is 1.00 e. The zero-order valence-electron chi connectivity index (χ0n) is 7.18. The molecule has 6 nitrogen and oxygen atoms in total. The zero-order chi connectivity index (χ0) is 9.14. The molecule has 1 saturated heterocycles. The van der Waals surface area contributed by atoms with Gasteiger partial charge in [0.2, 0.25) is 11.8 Å². The third kappa shape index (κ3) is 3.21. The number of hydrogen-bond donors (Lipinski definition) is 0. The maximum absolute atomic E-state index is 11.1. The van der Waals surface area contributed by atoms with Gasteiger partial charge in [0.25, 0.3) is 0 Å². The summed E-state index contributed by atoms with van der Waals surface area (Å²) in [6, 6.07) is 0. The second-order valence-electron chi connectivity index (χ2n) is 2.22. The summed E-state index contributed by atoms with van der Waals surface area (Å²) in [5.74, 6) is -0.658. The molecule has 0 saturated carbocycles. The van der Waals surface area contributed by atoms with Gasteiger partial charge in [-0.3, -0.25) is 19.5 Å². The number of carbonyl (C=O) groups excluding carboxylic acids is 2. The first-order valence-corrected chi connectivity index (χ1v) is 3.89. The van der Waals surface area contributed by atoms with Crippen LogP contribution in [0.1, 0.15) is 6.42 Å². The van der Waals surface area contributed by atoms with Crippen LogP contribution in [0.4, 0.5) is 0 Å². The van der Waals surface area contributed by atoms with E-state index in [0.717, 1.165) is 4.90 Å². The summed E-state index contributed by atoms with van der Waals surface area (Å²) < 4.78 is 3.95. The summed E-state index contributed by atoms with van der Waals surface area (Å²) in [4.78, 5) is 22.9. The van der Waals surface area contributed by atoms with E-state index in [0.29, 0.717) is 12.0 Å². The minimum Gasteiger partial charge on any atom is -0.691 e. The fraction of sp³-hybridized carbons (Fsp3) is 0.600. The molecular formula is C5H6NNaO5S. The summed E-state index contributed by atoms with van der Waals surface area (Å²) >= 11 is 0.553. The standard InChI is InChI=1S/C5H7NO5S.Na/c1-6-4(7)2-3(5(6)8)12-11-10-9;/h3,9H,2H2,1H3;/q;+1/p-1. The van der Waals surface area contributed by atoms with Gasteiger partial charge in [-0.2, -0.15) is 4.33 Å². The van der Waals surface area contributed by atoms with Gasteiger partial charge in [0.15, 0.2) is 0 Å². The van der Waals surface area contributed by atoms with Gasteiger partial charge in [0.1, 0.15) is 5.25 Å². The van der Waals surface area contributed by atoms with Gasteiger partial charge in [-0.15, -0.1) is 0 Å². The zero-order valence-corrected chi connectivity index (χ0v) is 10.00. The Labute approximate surface area is 101 Å². The molecule has 1 fully saturated rings. The minimum atomic E-state index is -0.656. The number of hydrogen-bond acceptors (Lipinski definition) is 6. The monoisotopic (exact) mass is 215 g/mol. The molecule has 2 amide bonds. The molecule has 1 unspecified atom stereocenters. The first-order chi connectivity index (χ1) is 5.66. The number of amides is 2. The molecule has 1 heterocycles. The maximum Gasteiger partial charge on any atom is 1.00 e. The topological polar surface area (TPSA) is 78.9 Å². The molecule has 0 N–H and O–H groups in total. The van der Waals surface area contributed by atoms with Crippen molar-refractivity contribution < 1.29 is 53.8 Å². The van der Waals surface area contributed by atoms with Crippen molar-refractivity contribution >= 4 is 23.9 Å². The Morgan fingerprint density at radius 1 is 1.62 bits per heavy atom. The number of nitrogens with zero attached hydrogens (tertiary/aromatic N) is 1. The van der Waals surface area contributed by atoms with Crippen LogP contribution in [0.25, 0.3) is 0 Å². The van der Waals surface area contributed by atoms with Crippen molar-refractivity contribution in [3.05, 3.63) is 0 Å². The van der Waals surface area contributed by atoms with Crippen molar-refractivity contribution in [1.82, 2.24) is 4.90 Å². The molecule has 68 valence electrons. The van der Waals surface area contributed by atoms with Gasteiger partial charge in [-0.25, -0.2) is 0 Å². The van der Waals surface area contributed by atoms with Crippen LogP contribution >= 0.6 is 12.0 Å². The van der Waals surface area contributed by atoms with E-state index < -0.39 is 5.25 Å². The van der Waals surface area contributed by atoms with E-state index in [1.807, 2.05) is 0 Å². The van der Waals surface area contributed by atoms with Crippen LogP contribution in [0.5, 0.6) is 0 Å². The fourth-order valence-corrected chi connectivity index (χ4v) is 1.44. The average Bonchev–Trinajstić information content (AvgIpc) is 2.30. The molecular weight excluding hydrogens is 209 g/mol. The molecule has 1 atom stereocenters. The van der Waals surface area contributed by atoms with Crippen LogP contribution in [0, 0.1) is 0 Å². The van der Waals surface area contributed by atoms with Crippen LogP contribution < -0.4 is 34.8 Å². The summed E-state index contributed by atoms with van der Waals surface area (Å²) in [6.45, 7) is 0. The van der Waals surface area contributed by atoms with E-state index in [2.05, 4.69) is 9.37 Å². The molecule has 1 rings (SSSR count).